The van der Waals surface area contributed by atoms with Crippen molar-refractivity contribution < 1.29 is 9.59 Å². The largest absolute Gasteiger partial charge is 0.384 e. The molecule has 0 aliphatic carbocycles. The van der Waals surface area contributed by atoms with Gasteiger partial charge in [0.1, 0.15) is 11.6 Å². The molecule has 2 aromatic heterocycles. The van der Waals surface area contributed by atoms with E-state index in [1.54, 1.807) is 25.2 Å². The van der Waals surface area contributed by atoms with Crippen LogP contribution in [0.25, 0.3) is 0 Å². The average Bonchev–Trinajstić information content (AvgIpc) is 2.69. The van der Waals surface area contributed by atoms with E-state index in [0.29, 0.717) is 36.0 Å². The second-order valence-corrected chi connectivity index (χ2v) is 6.12. The Kier molecular flexibility index (Phi) is 8.01. The first-order valence-corrected chi connectivity index (χ1v) is 9.25. The van der Waals surface area contributed by atoms with Crippen molar-refractivity contribution in [2.75, 3.05) is 36.5 Å². The average molecular weight is 385 g/mol. The summed E-state index contributed by atoms with van der Waals surface area (Å²) in [4.78, 5) is 32.2. The molecule has 0 atom stereocenters. The third-order valence-electron chi connectivity index (χ3n) is 3.96. The summed E-state index contributed by atoms with van der Waals surface area (Å²) in [6.45, 7) is 3.19. The number of hydrogen-bond donors (Lipinski definition) is 5. The van der Waals surface area contributed by atoms with Crippen LogP contribution in [0, 0.1) is 0 Å². The van der Waals surface area contributed by atoms with Crippen molar-refractivity contribution in [3.63, 3.8) is 0 Å². The van der Waals surface area contributed by atoms with E-state index in [1.165, 1.54) is 6.20 Å². The molecular weight excluding hydrogens is 358 g/mol. The lowest BCUT2D eigenvalue weighted by molar-refractivity contribution is 0.0963. The maximum Gasteiger partial charge on any atom is 0.319 e. The van der Waals surface area contributed by atoms with E-state index in [0.717, 1.165) is 25.0 Å². The number of anilines is 3. The van der Waals surface area contributed by atoms with Gasteiger partial charge in [-0.15, -0.1) is 0 Å². The van der Waals surface area contributed by atoms with E-state index in [2.05, 4.69) is 31.2 Å². The van der Waals surface area contributed by atoms with E-state index < -0.39 is 0 Å². The lowest BCUT2D eigenvalue weighted by Crippen LogP contribution is -2.29. The topological polar surface area (TPSA) is 134 Å². The smallest absolute Gasteiger partial charge is 0.319 e. The molecule has 0 aliphatic heterocycles. The molecule has 150 valence electrons. The van der Waals surface area contributed by atoms with Gasteiger partial charge in [-0.2, -0.15) is 0 Å². The molecular formula is C19H27N7O2. The zero-order valence-corrected chi connectivity index (χ0v) is 16.2. The number of carbonyl (C=O) groups is 2. The van der Waals surface area contributed by atoms with Gasteiger partial charge in [0.2, 0.25) is 0 Å². The summed E-state index contributed by atoms with van der Waals surface area (Å²) in [5.74, 6) is 0.829. The minimum atomic E-state index is -0.283. The fourth-order valence-corrected chi connectivity index (χ4v) is 2.55. The van der Waals surface area contributed by atoms with Crippen LogP contribution in [0.2, 0.25) is 0 Å². The minimum Gasteiger partial charge on any atom is -0.384 e. The third-order valence-corrected chi connectivity index (χ3v) is 3.96. The predicted octanol–water partition coefficient (Wildman–Crippen LogP) is 1.99. The molecule has 28 heavy (non-hydrogen) atoms. The molecule has 2 heterocycles. The summed E-state index contributed by atoms with van der Waals surface area (Å²) in [5.41, 5.74) is 7.53. The number of rotatable bonds is 9. The molecule has 2 rings (SSSR count). The number of urea groups is 1. The van der Waals surface area contributed by atoms with Crippen LogP contribution in [0.1, 0.15) is 35.8 Å². The number of nitrogens with two attached hydrogens (primary N) is 1. The van der Waals surface area contributed by atoms with Gasteiger partial charge in [0.25, 0.3) is 5.91 Å². The van der Waals surface area contributed by atoms with Crippen molar-refractivity contribution in [1.82, 2.24) is 20.6 Å². The summed E-state index contributed by atoms with van der Waals surface area (Å²) in [5, 5.41) is 11.2. The zero-order chi connectivity index (χ0) is 20.4. The molecule has 3 amide bonds. The molecule has 0 radical (unpaired) electrons. The molecule has 2 aromatic rings. The number of unbranched alkanes of at least 4 members (excludes halogenated alkanes) is 1. The Balaban J connectivity index is 1.75. The molecule has 0 fully saturated rings. The summed E-state index contributed by atoms with van der Waals surface area (Å²) < 4.78 is 0. The number of pyridine rings is 2. The highest BCUT2D eigenvalue weighted by atomic mass is 16.2. The molecule has 0 unspecified atom stereocenters. The lowest BCUT2D eigenvalue weighted by Gasteiger charge is -2.11. The summed E-state index contributed by atoms with van der Waals surface area (Å²) in [6.07, 6.45) is 3.94. The lowest BCUT2D eigenvalue weighted by atomic mass is 10.1. The van der Waals surface area contributed by atoms with Crippen LogP contribution in [0.3, 0.4) is 0 Å². The van der Waals surface area contributed by atoms with Gasteiger partial charge in [-0.05, 0) is 50.5 Å². The second kappa shape index (κ2) is 10.7. The quantitative estimate of drug-likeness (QED) is 0.419. The monoisotopic (exact) mass is 385 g/mol. The van der Waals surface area contributed by atoms with Gasteiger partial charge in [0.15, 0.2) is 0 Å². The number of amides is 3. The molecule has 0 spiro atoms. The first-order valence-electron chi connectivity index (χ1n) is 9.25. The normalized spacial score (nSPS) is 10.2. The number of nitrogens with one attached hydrogen (secondary N) is 4. The van der Waals surface area contributed by atoms with Crippen molar-refractivity contribution in [3.8, 4) is 0 Å². The van der Waals surface area contributed by atoms with Crippen LogP contribution < -0.4 is 27.0 Å². The molecule has 9 nitrogen and oxygen atoms in total. The number of carbonyl (C=O) groups excluding carboxylic acids is 2. The van der Waals surface area contributed by atoms with E-state index >= 15 is 0 Å². The van der Waals surface area contributed by atoms with Crippen molar-refractivity contribution in [3.05, 3.63) is 41.7 Å². The van der Waals surface area contributed by atoms with Crippen LogP contribution in [0.4, 0.5) is 22.1 Å². The third kappa shape index (κ3) is 6.42. The zero-order valence-electron chi connectivity index (χ0n) is 16.2. The first kappa shape index (κ1) is 20.9. The van der Waals surface area contributed by atoms with E-state index in [9.17, 15) is 9.59 Å². The van der Waals surface area contributed by atoms with Crippen molar-refractivity contribution in [2.45, 2.75) is 26.2 Å². The van der Waals surface area contributed by atoms with Crippen molar-refractivity contribution in [1.29, 1.82) is 0 Å². The number of hydrogen-bond acceptors (Lipinski definition) is 6. The SMILES string of the molecule is CCNc1nc(CCCCNC(=O)Nc2ccc(N)nc2)ccc1C(=O)NC. The van der Waals surface area contributed by atoms with Gasteiger partial charge in [0.05, 0.1) is 17.4 Å². The Morgan fingerprint density at radius 2 is 1.96 bits per heavy atom. The Morgan fingerprint density at radius 1 is 1.14 bits per heavy atom. The van der Waals surface area contributed by atoms with Crippen LogP contribution in [-0.4, -0.2) is 42.0 Å². The van der Waals surface area contributed by atoms with Crippen LogP contribution >= 0.6 is 0 Å². The van der Waals surface area contributed by atoms with Gasteiger partial charge < -0.3 is 27.0 Å². The molecule has 0 aliphatic rings. The van der Waals surface area contributed by atoms with E-state index in [-0.39, 0.29) is 11.9 Å². The molecule has 6 N–H and O–H groups in total. The molecule has 0 saturated carbocycles. The second-order valence-electron chi connectivity index (χ2n) is 6.12. The van der Waals surface area contributed by atoms with Gasteiger partial charge in [-0.25, -0.2) is 14.8 Å². The minimum absolute atomic E-state index is 0.165. The fraction of sp³-hybridized carbons (Fsp3) is 0.368. The summed E-state index contributed by atoms with van der Waals surface area (Å²) >= 11 is 0. The Hall–Kier alpha value is -3.36. The van der Waals surface area contributed by atoms with Crippen LogP contribution in [0.15, 0.2) is 30.5 Å². The number of nitrogen functional groups attached to an aromatic ring is 1. The van der Waals surface area contributed by atoms with Gasteiger partial charge in [-0.3, -0.25) is 4.79 Å². The van der Waals surface area contributed by atoms with Gasteiger partial charge in [-0.1, -0.05) is 0 Å². The highest BCUT2D eigenvalue weighted by Gasteiger charge is 2.11. The molecule has 0 bridgehead atoms. The number of aromatic nitrogens is 2. The molecule has 9 heteroatoms. The summed E-state index contributed by atoms with van der Waals surface area (Å²) in [7, 11) is 1.60. The molecule has 0 saturated heterocycles. The van der Waals surface area contributed by atoms with Gasteiger partial charge in [0, 0.05) is 25.8 Å². The van der Waals surface area contributed by atoms with Crippen molar-refractivity contribution >= 4 is 29.3 Å². The van der Waals surface area contributed by atoms with Crippen LogP contribution in [0.5, 0.6) is 0 Å². The maximum absolute atomic E-state index is 11.9. The van der Waals surface area contributed by atoms with Crippen LogP contribution in [-0.2, 0) is 6.42 Å². The molecule has 0 aromatic carbocycles. The van der Waals surface area contributed by atoms with E-state index in [4.69, 9.17) is 5.73 Å². The Morgan fingerprint density at radius 3 is 2.64 bits per heavy atom. The van der Waals surface area contributed by atoms with E-state index in [1.807, 2.05) is 13.0 Å². The first-order chi connectivity index (χ1) is 13.5. The standard InChI is InChI=1S/C19H27N7O2/c1-3-22-17-15(18(27)21-2)9-7-13(25-17)6-4-5-11-23-19(28)26-14-8-10-16(20)24-12-14/h7-10,12H,3-6,11H2,1-2H3,(H2,20,24)(H,21,27)(H,22,25)(H2,23,26,28). The maximum atomic E-state index is 11.9. The Labute approximate surface area is 164 Å². The fourth-order valence-electron chi connectivity index (χ4n) is 2.55. The predicted molar refractivity (Wildman–Crippen MR) is 110 cm³/mol. The highest BCUT2D eigenvalue weighted by Crippen LogP contribution is 2.15. The number of nitrogens with zero attached hydrogens (tertiary/aromatic N) is 2. The summed E-state index contributed by atoms with van der Waals surface area (Å²) in [6, 6.07) is 6.68. The highest BCUT2D eigenvalue weighted by molar-refractivity contribution is 5.98. The number of aryl methyl sites for hydroxylation is 1. The van der Waals surface area contributed by atoms with Gasteiger partial charge >= 0.3 is 6.03 Å². The van der Waals surface area contributed by atoms with Crippen molar-refractivity contribution in [2.24, 2.45) is 0 Å². The Bertz CT molecular complexity index is 793.